The summed E-state index contributed by atoms with van der Waals surface area (Å²) in [7, 11) is 1.85. The number of aromatic nitrogens is 3. The molecule has 0 radical (unpaired) electrons. The molecule has 29 heavy (non-hydrogen) atoms. The minimum atomic E-state index is -0.0644. The van der Waals surface area contributed by atoms with E-state index in [1.807, 2.05) is 60.5 Å². The lowest BCUT2D eigenvalue weighted by molar-refractivity contribution is 0.912. The van der Waals surface area contributed by atoms with Gasteiger partial charge in [-0.25, -0.2) is 4.98 Å². The van der Waals surface area contributed by atoms with Gasteiger partial charge in [0.05, 0.1) is 17.5 Å². The highest BCUT2D eigenvalue weighted by atomic mass is 35.5. The van der Waals surface area contributed by atoms with Crippen molar-refractivity contribution in [2.75, 3.05) is 11.9 Å². The van der Waals surface area contributed by atoms with Crippen LogP contribution in [0.5, 0.6) is 0 Å². The number of hydrogen-bond donors (Lipinski definition) is 2. The zero-order chi connectivity index (χ0) is 20.5. The van der Waals surface area contributed by atoms with Gasteiger partial charge in [-0.3, -0.25) is 15.4 Å². The topological polar surface area (TPSA) is 81.7 Å². The normalized spacial score (nSPS) is 10.9. The Balaban J connectivity index is 1.85. The number of pyridine rings is 1. The molecule has 4 aromatic rings. The first-order valence-corrected chi connectivity index (χ1v) is 9.47. The smallest absolute Gasteiger partial charge is 0.229 e. The number of fused-ring (bicyclic) bond motifs is 1. The van der Waals surface area contributed by atoms with E-state index >= 15 is 0 Å². The van der Waals surface area contributed by atoms with Gasteiger partial charge < -0.3 is 4.90 Å². The van der Waals surface area contributed by atoms with Gasteiger partial charge in [0.15, 0.2) is 0 Å². The maximum absolute atomic E-state index is 8.21. The molecular weight excluding hydrogens is 407 g/mol. The largest absolute Gasteiger partial charge is 0.313 e. The Labute approximate surface area is 177 Å². The quantitative estimate of drug-likeness (QED) is 0.354. The Morgan fingerprint density at radius 1 is 0.966 bits per heavy atom. The van der Waals surface area contributed by atoms with E-state index in [1.54, 1.807) is 12.1 Å². The predicted octanol–water partition coefficient (Wildman–Crippen LogP) is 5.11. The predicted molar refractivity (Wildman–Crippen MR) is 118 cm³/mol. The van der Waals surface area contributed by atoms with Gasteiger partial charge in [0, 0.05) is 28.0 Å². The van der Waals surface area contributed by atoms with Gasteiger partial charge in [0.25, 0.3) is 0 Å². The fourth-order valence-corrected chi connectivity index (χ4v) is 3.40. The lowest BCUT2D eigenvalue weighted by Gasteiger charge is -2.21. The molecule has 0 bridgehead atoms. The molecule has 0 atom stereocenters. The highest BCUT2D eigenvalue weighted by Crippen LogP contribution is 2.30. The van der Waals surface area contributed by atoms with E-state index in [1.165, 1.54) is 4.57 Å². The standard InChI is InChI=1S/C21H16Cl2N6/c1-28(19-4-2-3-17(26-19)13-5-7-14(22)8-6-13)20-16-10-9-15(23)11-18(16)29(12-24)21(25)27-20/h2-12,24-25H,1H3. The summed E-state index contributed by atoms with van der Waals surface area (Å²) in [5, 5.41) is 17.8. The number of halogens is 2. The van der Waals surface area contributed by atoms with Crippen LogP contribution >= 0.6 is 23.2 Å². The van der Waals surface area contributed by atoms with E-state index in [4.69, 9.17) is 39.0 Å². The van der Waals surface area contributed by atoms with Gasteiger partial charge in [-0.1, -0.05) is 41.4 Å². The van der Waals surface area contributed by atoms with Gasteiger partial charge >= 0.3 is 0 Å². The van der Waals surface area contributed by atoms with Gasteiger partial charge in [0.2, 0.25) is 5.62 Å². The van der Waals surface area contributed by atoms with Gasteiger partial charge in [-0.15, -0.1) is 0 Å². The lowest BCUT2D eigenvalue weighted by atomic mass is 10.1. The average Bonchev–Trinajstić information content (AvgIpc) is 2.73. The molecule has 8 heteroatoms. The summed E-state index contributed by atoms with van der Waals surface area (Å²) in [4.78, 5) is 11.0. The van der Waals surface area contributed by atoms with Crippen molar-refractivity contribution in [2.45, 2.75) is 0 Å². The van der Waals surface area contributed by atoms with Crippen LogP contribution in [0, 0.1) is 10.8 Å². The number of nitrogens with zero attached hydrogens (tertiary/aromatic N) is 4. The van der Waals surface area contributed by atoms with Crippen LogP contribution in [0.25, 0.3) is 22.2 Å². The minimum Gasteiger partial charge on any atom is -0.313 e. The summed E-state index contributed by atoms with van der Waals surface area (Å²) >= 11 is 12.1. The first-order valence-electron chi connectivity index (χ1n) is 8.71. The van der Waals surface area contributed by atoms with Crippen molar-refractivity contribution in [3.63, 3.8) is 0 Å². The van der Waals surface area contributed by atoms with Crippen molar-refractivity contribution < 1.29 is 0 Å². The van der Waals surface area contributed by atoms with Crippen LogP contribution in [-0.4, -0.2) is 27.9 Å². The zero-order valence-electron chi connectivity index (χ0n) is 15.4. The first-order chi connectivity index (χ1) is 14.0. The summed E-state index contributed by atoms with van der Waals surface area (Å²) in [6.07, 6.45) is 1.05. The van der Waals surface area contributed by atoms with Crippen molar-refractivity contribution in [1.29, 1.82) is 10.8 Å². The number of anilines is 2. The van der Waals surface area contributed by atoms with Crippen molar-refractivity contribution in [3.8, 4) is 11.3 Å². The molecule has 0 saturated heterocycles. The van der Waals surface area contributed by atoms with Crippen LogP contribution in [-0.2, 0) is 0 Å². The molecule has 2 N–H and O–H groups in total. The number of rotatable bonds is 4. The third kappa shape index (κ3) is 3.60. The highest BCUT2D eigenvalue weighted by molar-refractivity contribution is 6.31. The minimum absolute atomic E-state index is 0.0644. The fourth-order valence-electron chi connectivity index (χ4n) is 3.11. The Kier molecular flexibility index (Phi) is 5.05. The van der Waals surface area contributed by atoms with Gasteiger partial charge in [0.1, 0.15) is 11.6 Å². The molecule has 4 rings (SSSR count). The van der Waals surface area contributed by atoms with Crippen LogP contribution in [0.3, 0.4) is 0 Å². The van der Waals surface area contributed by atoms with Crippen LogP contribution in [0.1, 0.15) is 0 Å². The third-order valence-electron chi connectivity index (χ3n) is 4.57. The van der Waals surface area contributed by atoms with Crippen molar-refractivity contribution in [1.82, 2.24) is 14.5 Å². The van der Waals surface area contributed by atoms with Crippen LogP contribution in [0.15, 0.2) is 60.7 Å². The zero-order valence-corrected chi connectivity index (χ0v) is 16.9. The molecule has 0 fully saturated rings. The second-order valence-electron chi connectivity index (χ2n) is 6.37. The summed E-state index contributed by atoms with van der Waals surface area (Å²) in [6.45, 7) is 0. The van der Waals surface area contributed by atoms with Gasteiger partial charge in [-0.05, 0) is 42.5 Å². The molecule has 6 nitrogen and oxygen atoms in total. The Morgan fingerprint density at radius 2 is 1.69 bits per heavy atom. The van der Waals surface area contributed by atoms with E-state index in [9.17, 15) is 0 Å². The van der Waals surface area contributed by atoms with Crippen molar-refractivity contribution in [2.24, 2.45) is 0 Å². The molecule has 0 aliphatic heterocycles. The van der Waals surface area contributed by atoms with Gasteiger partial charge in [-0.2, -0.15) is 4.98 Å². The lowest BCUT2D eigenvalue weighted by Crippen LogP contribution is -2.26. The molecule has 0 saturated carbocycles. The molecule has 0 aliphatic carbocycles. The van der Waals surface area contributed by atoms with Crippen molar-refractivity contribution >= 4 is 52.1 Å². The summed E-state index contributed by atoms with van der Waals surface area (Å²) < 4.78 is 1.37. The summed E-state index contributed by atoms with van der Waals surface area (Å²) in [5.41, 5.74) is 2.31. The second kappa shape index (κ2) is 7.66. The van der Waals surface area contributed by atoms with Crippen LogP contribution < -0.4 is 10.5 Å². The van der Waals surface area contributed by atoms with Crippen molar-refractivity contribution in [3.05, 3.63) is 76.3 Å². The molecule has 0 aliphatic rings. The third-order valence-corrected chi connectivity index (χ3v) is 5.05. The van der Waals surface area contributed by atoms with Crippen LogP contribution in [0.2, 0.25) is 10.0 Å². The number of benzene rings is 2. The fraction of sp³-hybridized carbons (Fsp3) is 0.0476. The maximum atomic E-state index is 8.21. The number of nitrogens with one attached hydrogen (secondary N) is 2. The Bertz CT molecular complexity index is 1280. The molecule has 2 heterocycles. The molecule has 0 amide bonds. The highest BCUT2D eigenvalue weighted by Gasteiger charge is 2.15. The van der Waals surface area contributed by atoms with E-state index in [0.29, 0.717) is 27.2 Å². The molecule has 2 aromatic heterocycles. The SMILES string of the molecule is CN(c1cccc(-c2ccc(Cl)cc2)n1)c1nc(=N)n(C=N)c2cc(Cl)ccc12. The first kappa shape index (κ1) is 19.1. The average molecular weight is 423 g/mol. The monoisotopic (exact) mass is 422 g/mol. The molecule has 2 aromatic carbocycles. The number of hydrogen-bond acceptors (Lipinski definition) is 5. The summed E-state index contributed by atoms with van der Waals surface area (Å²) in [5.74, 6) is 1.23. The molecule has 144 valence electrons. The maximum Gasteiger partial charge on any atom is 0.229 e. The van der Waals surface area contributed by atoms with E-state index in [-0.39, 0.29) is 5.62 Å². The molecule has 0 unspecified atom stereocenters. The Hall–Kier alpha value is -3.22. The Morgan fingerprint density at radius 3 is 2.41 bits per heavy atom. The summed E-state index contributed by atoms with van der Waals surface area (Å²) in [6, 6.07) is 18.5. The van der Waals surface area contributed by atoms with E-state index < -0.39 is 0 Å². The molecular formula is C21H16Cl2N6. The molecule has 0 spiro atoms. The van der Waals surface area contributed by atoms with E-state index in [2.05, 4.69) is 4.98 Å². The van der Waals surface area contributed by atoms with E-state index in [0.717, 1.165) is 23.0 Å². The second-order valence-corrected chi connectivity index (χ2v) is 7.24. The van der Waals surface area contributed by atoms with Crippen LogP contribution in [0.4, 0.5) is 11.6 Å².